The van der Waals surface area contributed by atoms with Gasteiger partial charge in [-0.2, -0.15) is 0 Å². The second-order valence-electron chi connectivity index (χ2n) is 7.17. The summed E-state index contributed by atoms with van der Waals surface area (Å²) in [6.45, 7) is 4.20. The summed E-state index contributed by atoms with van der Waals surface area (Å²) in [6.07, 6.45) is 0. The maximum atomic E-state index is 12.9. The predicted molar refractivity (Wildman–Crippen MR) is 131 cm³/mol. The van der Waals surface area contributed by atoms with Crippen LogP contribution < -0.4 is 10.1 Å². The van der Waals surface area contributed by atoms with Gasteiger partial charge in [-0.25, -0.2) is 4.98 Å². The third-order valence-electron chi connectivity index (χ3n) is 5.08. The van der Waals surface area contributed by atoms with Gasteiger partial charge in [0.15, 0.2) is 5.13 Å². The molecule has 1 heterocycles. The van der Waals surface area contributed by atoms with E-state index in [0.717, 1.165) is 26.2 Å². The van der Waals surface area contributed by atoms with Crippen LogP contribution >= 0.6 is 27.3 Å². The van der Waals surface area contributed by atoms with Crippen molar-refractivity contribution >= 4 is 38.3 Å². The van der Waals surface area contributed by atoms with Crippen molar-refractivity contribution in [2.75, 3.05) is 12.4 Å². The molecule has 0 unspecified atom stereocenters. The maximum absolute atomic E-state index is 12.9. The Balaban J connectivity index is 1.72. The molecule has 0 atom stereocenters. The van der Waals surface area contributed by atoms with Gasteiger partial charge in [0.05, 0.1) is 22.2 Å². The van der Waals surface area contributed by atoms with Gasteiger partial charge in [-0.05, 0) is 64.7 Å². The molecule has 0 aliphatic carbocycles. The molecule has 4 rings (SSSR count). The van der Waals surface area contributed by atoms with Gasteiger partial charge in [-0.1, -0.05) is 59.9 Å². The minimum Gasteiger partial charge on any atom is -0.496 e. The number of nitrogens with zero attached hydrogens (tertiary/aromatic N) is 1. The smallest absolute Gasteiger partial charge is 0.257 e. The van der Waals surface area contributed by atoms with Gasteiger partial charge in [0.2, 0.25) is 0 Å². The number of aromatic nitrogens is 1. The number of rotatable bonds is 5. The van der Waals surface area contributed by atoms with Crippen LogP contribution in [0.1, 0.15) is 21.5 Å². The van der Waals surface area contributed by atoms with Crippen molar-refractivity contribution in [1.82, 2.24) is 4.98 Å². The van der Waals surface area contributed by atoms with E-state index in [1.165, 1.54) is 22.5 Å². The quantitative estimate of drug-likeness (QED) is 0.322. The molecule has 4 aromatic rings. The molecular weight excluding hydrogens is 472 g/mol. The Morgan fingerprint density at radius 1 is 0.968 bits per heavy atom. The molecule has 1 N–H and O–H groups in total. The second-order valence-corrected chi connectivity index (χ2v) is 9.02. The summed E-state index contributed by atoms with van der Waals surface area (Å²) in [4.78, 5) is 18.7. The minimum absolute atomic E-state index is 0.219. The number of carbonyl (C=O) groups excluding carboxylic acids is 1. The van der Waals surface area contributed by atoms with Gasteiger partial charge in [0, 0.05) is 11.1 Å². The van der Waals surface area contributed by atoms with Crippen LogP contribution in [0.25, 0.3) is 21.7 Å². The highest BCUT2D eigenvalue weighted by Gasteiger charge is 2.18. The number of ether oxygens (including phenoxy) is 1. The molecule has 0 aliphatic rings. The van der Waals surface area contributed by atoms with E-state index >= 15 is 0 Å². The number of methoxy groups -OCH3 is 1. The van der Waals surface area contributed by atoms with Crippen LogP contribution in [0, 0.1) is 13.8 Å². The fraction of sp³-hybridized carbons (Fsp3) is 0.120. The SMILES string of the molecule is COc1ccc(C(=O)Nc2nc(-c3ccccc3)c(-c3ccc(C)c(C)c3)s2)cc1Br. The first-order valence-corrected chi connectivity index (χ1v) is 11.4. The first-order valence-electron chi connectivity index (χ1n) is 9.75. The molecule has 156 valence electrons. The number of thiazole rings is 1. The Kier molecular flexibility index (Phi) is 6.20. The van der Waals surface area contributed by atoms with E-state index in [1.807, 2.05) is 30.3 Å². The predicted octanol–water partition coefficient (Wildman–Crippen LogP) is 7.12. The lowest BCUT2D eigenvalue weighted by Gasteiger charge is -2.06. The molecule has 1 aromatic heterocycles. The number of benzene rings is 3. The number of anilines is 1. The van der Waals surface area contributed by atoms with E-state index < -0.39 is 0 Å². The van der Waals surface area contributed by atoms with Crippen molar-refractivity contribution in [3.05, 3.63) is 87.9 Å². The summed E-state index contributed by atoms with van der Waals surface area (Å²) >= 11 is 4.91. The first-order chi connectivity index (χ1) is 15.0. The van der Waals surface area contributed by atoms with Crippen molar-refractivity contribution < 1.29 is 9.53 Å². The highest BCUT2D eigenvalue weighted by molar-refractivity contribution is 9.10. The lowest BCUT2D eigenvalue weighted by molar-refractivity contribution is 0.102. The zero-order valence-electron chi connectivity index (χ0n) is 17.4. The minimum atomic E-state index is -0.219. The number of hydrogen-bond acceptors (Lipinski definition) is 4. The molecule has 4 nitrogen and oxygen atoms in total. The number of hydrogen-bond donors (Lipinski definition) is 1. The van der Waals surface area contributed by atoms with E-state index in [2.05, 4.69) is 53.3 Å². The van der Waals surface area contributed by atoms with Crippen molar-refractivity contribution in [3.63, 3.8) is 0 Å². The van der Waals surface area contributed by atoms with Crippen LogP contribution in [0.2, 0.25) is 0 Å². The molecule has 1 amide bonds. The van der Waals surface area contributed by atoms with Gasteiger partial charge in [-0.3, -0.25) is 10.1 Å². The number of nitrogens with one attached hydrogen (secondary N) is 1. The van der Waals surface area contributed by atoms with Gasteiger partial charge in [0.25, 0.3) is 5.91 Å². The zero-order valence-corrected chi connectivity index (χ0v) is 19.8. The number of amides is 1. The van der Waals surface area contributed by atoms with Crippen molar-refractivity contribution in [2.45, 2.75) is 13.8 Å². The Morgan fingerprint density at radius 2 is 1.74 bits per heavy atom. The first kappa shape index (κ1) is 21.3. The Bertz CT molecular complexity index is 1250. The lowest BCUT2D eigenvalue weighted by atomic mass is 10.0. The third kappa shape index (κ3) is 4.55. The Morgan fingerprint density at radius 3 is 2.42 bits per heavy atom. The number of carbonyl (C=O) groups is 1. The summed E-state index contributed by atoms with van der Waals surface area (Å²) in [5, 5.41) is 3.52. The van der Waals surface area contributed by atoms with Gasteiger partial charge < -0.3 is 4.74 Å². The average molecular weight is 493 g/mol. The van der Waals surface area contributed by atoms with Crippen molar-refractivity contribution in [3.8, 4) is 27.4 Å². The van der Waals surface area contributed by atoms with Crippen molar-refractivity contribution in [2.24, 2.45) is 0 Å². The summed E-state index contributed by atoms with van der Waals surface area (Å²) in [6, 6.07) is 21.7. The Hall–Kier alpha value is -2.96. The van der Waals surface area contributed by atoms with Crippen LogP contribution in [0.15, 0.2) is 71.2 Å². The van der Waals surface area contributed by atoms with E-state index in [4.69, 9.17) is 9.72 Å². The summed E-state index contributed by atoms with van der Waals surface area (Å²) in [7, 11) is 1.59. The van der Waals surface area contributed by atoms with Crippen LogP contribution in [0.4, 0.5) is 5.13 Å². The third-order valence-corrected chi connectivity index (χ3v) is 6.72. The summed E-state index contributed by atoms with van der Waals surface area (Å²) < 4.78 is 5.97. The fourth-order valence-corrected chi connectivity index (χ4v) is 4.74. The molecule has 0 bridgehead atoms. The molecule has 0 radical (unpaired) electrons. The molecule has 0 spiro atoms. The van der Waals surface area contributed by atoms with Gasteiger partial charge in [-0.15, -0.1) is 0 Å². The van der Waals surface area contributed by atoms with Crippen LogP contribution in [0.3, 0.4) is 0 Å². The van der Waals surface area contributed by atoms with Crippen LogP contribution in [-0.4, -0.2) is 18.0 Å². The normalized spacial score (nSPS) is 10.7. The molecule has 31 heavy (non-hydrogen) atoms. The van der Waals surface area contributed by atoms with Crippen LogP contribution in [-0.2, 0) is 0 Å². The standard InChI is InChI=1S/C25H21BrN2O2S/c1-15-9-10-18(13-16(15)2)23-22(17-7-5-4-6-8-17)27-25(31-23)28-24(29)19-11-12-21(30-3)20(26)14-19/h4-14H,1-3H3,(H,27,28,29). The van der Waals surface area contributed by atoms with E-state index in [-0.39, 0.29) is 5.91 Å². The topological polar surface area (TPSA) is 51.2 Å². The van der Waals surface area contributed by atoms with Gasteiger partial charge >= 0.3 is 0 Å². The summed E-state index contributed by atoms with van der Waals surface area (Å²) in [5.41, 5.74) is 5.95. The van der Waals surface area contributed by atoms with Crippen LogP contribution in [0.5, 0.6) is 5.75 Å². The van der Waals surface area contributed by atoms with E-state index in [0.29, 0.717) is 16.4 Å². The summed E-state index contributed by atoms with van der Waals surface area (Å²) in [5.74, 6) is 0.456. The van der Waals surface area contributed by atoms with E-state index in [1.54, 1.807) is 25.3 Å². The molecule has 0 aliphatic heterocycles. The number of halogens is 1. The Labute approximate surface area is 194 Å². The fourth-order valence-electron chi connectivity index (χ4n) is 3.22. The molecule has 3 aromatic carbocycles. The highest BCUT2D eigenvalue weighted by Crippen LogP contribution is 2.39. The monoisotopic (exact) mass is 492 g/mol. The highest BCUT2D eigenvalue weighted by atomic mass is 79.9. The average Bonchev–Trinajstić information content (AvgIpc) is 3.20. The van der Waals surface area contributed by atoms with Crippen molar-refractivity contribution in [1.29, 1.82) is 0 Å². The van der Waals surface area contributed by atoms with Gasteiger partial charge in [0.1, 0.15) is 5.75 Å². The molecule has 0 saturated heterocycles. The second kappa shape index (κ2) is 9.04. The molecular formula is C25H21BrN2O2S. The zero-order chi connectivity index (χ0) is 22.0. The molecule has 0 fully saturated rings. The largest absolute Gasteiger partial charge is 0.496 e. The molecule has 0 saturated carbocycles. The van der Waals surface area contributed by atoms with E-state index in [9.17, 15) is 4.79 Å². The number of aryl methyl sites for hydroxylation is 2. The maximum Gasteiger partial charge on any atom is 0.257 e. The lowest BCUT2D eigenvalue weighted by Crippen LogP contribution is -2.11. The molecule has 6 heteroatoms.